The van der Waals surface area contributed by atoms with Gasteiger partial charge in [-0.2, -0.15) is 0 Å². The highest BCUT2D eigenvalue weighted by atomic mass is 16.6. The number of methoxy groups -OCH3 is 1. The lowest BCUT2D eigenvalue weighted by Gasteiger charge is -2.32. The fourth-order valence-electron chi connectivity index (χ4n) is 3.83. The molecule has 0 saturated heterocycles. The van der Waals surface area contributed by atoms with Crippen molar-refractivity contribution in [3.8, 4) is 17.2 Å². The largest absolute Gasteiger partial charge is 0.497 e. The molecule has 1 saturated carbocycles. The summed E-state index contributed by atoms with van der Waals surface area (Å²) in [5.41, 5.74) is 2.24. The van der Waals surface area contributed by atoms with Crippen LogP contribution in [0.5, 0.6) is 17.2 Å². The highest BCUT2D eigenvalue weighted by Gasteiger charge is 2.36. The number of nitrogens with zero attached hydrogens (tertiary/aromatic N) is 1. The summed E-state index contributed by atoms with van der Waals surface area (Å²) in [6.45, 7) is 1.95. The van der Waals surface area contributed by atoms with Crippen molar-refractivity contribution in [2.75, 3.05) is 20.3 Å². The lowest BCUT2D eigenvalue weighted by Crippen LogP contribution is -2.39. The molecule has 1 aliphatic heterocycles. The van der Waals surface area contributed by atoms with Gasteiger partial charge in [-0.3, -0.25) is 4.98 Å². The molecule has 1 aromatic heterocycles. The summed E-state index contributed by atoms with van der Waals surface area (Å²) in [5, 5.41) is 3.77. The van der Waals surface area contributed by atoms with Gasteiger partial charge in [0.25, 0.3) is 0 Å². The molecule has 1 aromatic carbocycles. The summed E-state index contributed by atoms with van der Waals surface area (Å²) in [4.78, 5) is 4.46. The van der Waals surface area contributed by atoms with Crippen LogP contribution >= 0.6 is 0 Å². The molecule has 0 spiro atoms. The number of hydrogen-bond acceptors (Lipinski definition) is 5. The van der Waals surface area contributed by atoms with Crippen molar-refractivity contribution in [1.29, 1.82) is 0 Å². The summed E-state index contributed by atoms with van der Waals surface area (Å²) < 4.78 is 16.7. The molecule has 4 rings (SSSR count). The second kappa shape index (κ2) is 6.92. The SMILES string of the molecule is COc1ccnc(CNC2(c3ccc4c(c3)OCCO4)CCCC2)c1. The number of aromatic nitrogens is 1. The zero-order valence-corrected chi connectivity index (χ0v) is 14.6. The second-order valence-electron chi connectivity index (χ2n) is 6.69. The minimum Gasteiger partial charge on any atom is -0.497 e. The predicted octanol–water partition coefficient (Wildman–Crippen LogP) is 3.42. The number of nitrogens with one attached hydrogen (secondary N) is 1. The van der Waals surface area contributed by atoms with Gasteiger partial charge in [-0.05, 0) is 36.6 Å². The summed E-state index contributed by atoms with van der Waals surface area (Å²) in [6, 6.07) is 10.2. The van der Waals surface area contributed by atoms with Crippen molar-refractivity contribution >= 4 is 0 Å². The lowest BCUT2D eigenvalue weighted by molar-refractivity contribution is 0.170. The molecule has 0 atom stereocenters. The normalized spacial score (nSPS) is 18.1. The summed E-state index contributed by atoms with van der Waals surface area (Å²) in [6.07, 6.45) is 6.49. The van der Waals surface area contributed by atoms with Crippen LogP contribution < -0.4 is 19.5 Å². The van der Waals surface area contributed by atoms with E-state index in [1.807, 2.05) is 18.2 Å². The van der Waals surface area contributed by atoms with Gasteiger partial charge in [0.2, 0.25) is 0 Å². The monoisotopic (exact) mass is 340 g/mol. The van der Waals surface area contributed by atoms with E-state index in [-0.39, 0.29) is 5.54 Å². The highest BCUT2D eigenvalue weighted by Crippen LogP contribution is 2.42. The lowest BCUT2D eigenvalue weighted by atomic mass is 9.87. The fraction of sp³-hybridized carbons (Fsp3) is 0.450. The Hall–Kier alpha value is -2.27. The topological polar surface area (TPSA) is 52.6 Å². The molecule has 25 heavy (non-hydrogen) atoms. The molecule has 1 aliphatic carbocycles. The standard InChI is InChI=1S/C20H24N2O3/c1-23-17-6-9-21-16(13-17)14-22-20(7-2-3-8-20)15-4-5-18-19(12-15)25-11-10-24-18/h4-6,9,12-13,22H,2-3,7-8,10-11,14H2,1H3. The van der Waals surface area contributed by atoms with Gasteiger partial charge in [-0.15, -0.1) is 0 Å². The first-order chi connectivity index (χ1) is 12.3. The Bertz CT molecular complexity index is 741. The van der Waals surface area contributed by atoms with Crippen molar-refractivity contribution in [2.24, 2.45) is 0 Å². The number of benzene rings is 1. The van der Waals surface area contributed by atoms with Gasteiger partial charge in [0.15, 0.2) is 11.5 Å². The second-order valence-corrected chi connectivity index (χ2v) is 6.69. The molecule has 132 valence electrons. The van der Waals surface area contributed by atoms with Gasteiger partial charge in [0.1, 0.15) is 19.0 Å². The van der Waals surface area contributed by atoms with E-state index in [1.165, 1.54) is 18.4 Å². The maximum absolute atomic E-state index is 5.78. The van der Waals surface area contributed by atoms with Crippen LogP contribution in [0.2, 0.25) is 0 Å². The van der Waals surface area contributed by atoms with Crippen LogP contribution in [0.4, 0.5) is 0 Å². The van der Waals surface area contributed by atoms with E-state index in [0.717, 1.165) is 35.8 Å². The van der Waals surface area contributed by atoms with E-state index in [1.54, 1.807) is 13.3 Å². The molecule has 0 amide bonds. The molecular weight excluding hydrogens is 316 g/mol. The van der Waals surface area contributed by atoms with Crippen LogP contribution in [0.15, 0.2) is 36.5 Å². The maximum Gasteiger partial charge on any atom is 0.161 e. The van der Waals surface area contributed by atoms with Crippen LogP contribution in [-0.2, 0) is 12.1 Å². The first kappa shape index (κ1) is 16.2. The number of ether oxygens (including phenoxy) is 3. The molecule has 0 unspecified atom stereocenters. The Kier molecular flexibility index (Phi) is 4.49. The van der Waals surface area contributed by atoms with Crippen molar-refractivity contribution in [3.05, 3.63) is 47.8 Å². The number of hydrogen-bond donors (Lipinski definition) is 1. The highest BCUT2D eigenvalue weighted by molar-refractivity contribution is 5.46. The molecule has 1 N–H and O–H groups in total. The first-order valence-corrected chi connectivity index (χ1v) is 8.93. The van der Waals surface area contributed by atoms with E-state index < -0.39 is 0 Å². The number of rotatable bonds is 5. The third kappa shape index (κ3) is 3.29. The molecule has 2 aromatic rings. The predicted molar refractivity (Wildman–Crippen MR) is 95.2 cm³/mol. The van der Waals surface area contributed by atoms with Gasteiger partial charge in [0.05, 0.1) is 12.8 Å². The molecule has 2 heterocycles. The molecule has 2 aliphatic rings. The molecule has 5 nitrogen and oxygen atoms in total. The Morgan fingerprint density at radius 2 is 1.88 bits per heavy atom. The average molecular weight is 340 g/mol. The first-order valence-electron chi connectivity index (χ1n) is 8.93. The molecule has 5 heteroatoms. The van der Waals surface area contributed by atoms with Crippen molar-refractivity contribution < 1.29 is 14.2 Å². The van der Waals surface area contributed by atoms with Crippen LogP contribution in [0.3, 0.4) is 0 Å². The Balaban J connectivity index is 1.57. The number of fused-ring (bicyclic) bond motifs is 1. The Morgan fingerprint density at radius 3 is 2.68 bits per heavy atom. The van der Waals surface area contributed by atoms with Gasteiger partial charge < -0.3 is 19.5 Å². The van der Waals surface area contributed by atoms with Gasteiger partial charge in [-0.25, -0.2) is 0 Å². The minimum absolute atomic E-state index is 0.0272. The van der Waals surface area contributed by atoms with E-state index >= 15 is 0 Å². The summed E-state index contributed by atoms with van der Waals surface area (Å²) >= 11 is 0. The van der Waals surface area contributed by atoms with E-state index in [0.29, 0.717) is 19.8 Å². The van der Waals surface area contributed by atoms with Crippen molar-refractivity contribution in [3.63, 3.8) is 0 Å². The van der Waals surface area contributed by atoms with Crippen LogP contribution in [0, 0.1) is 0 Å². The number of pyridine rings is 1. The Morgan fingerprint density at radius 1 is 1.08 bits per heavy atom. The van der Waals surface area contributed by atoms with E-state index in [4.69, 9.17) is 14.2 Å². The average Bonchev–Trinajstić information content (AvgIpc) is 3.16. The zero-order chi connectivity index (χ0) is 17.1. The Labute approximate surface area is 148 Å². The summed E-state index contributed by atoms with van der Waals surface area (Å²) in [5.74, 6) is 2.54. The van der Waals surface area contributed by atoms with Crippen LogP contribution in [0.25, 0.3) is 0 Å². The minimum atomic E-state index is -0.0272. The van der Waals surface area contributed by atoms with Crippen molar-refractivity contribution in [1.82, 2.24) is 10.3 Å². The summed E-state index contributed by atoms with van der Waals surface area (Å²) in [7, 11) is 1.68. The van der Waals surface area contributed by atoms with Gasteiger partial charge in [0, 0.05) is 24.3 Å². The van der Waals surface area contributed by atoms with Gasteiger partial charge in [-0.1, -0.05) is 18.9 Å². The molecule has 0 bridgehead atoms. The zero-order valence-electron chi connectivity index (χ0n) is 14.6. The van der Waals surface area contributed by atoms with Crippen LogP contribution in [0.1, 0.15) is 36.9 Å². The van der Waals surface area contributed by atoms with Crippen LogP contribution in [-0.4, -0.2) is 25.3 Å². The molecule has 0 radical (unpaired) electrons. The van der Waals surface area contributed by atoms with E-state index in [9.17, 15) is 0 Å². The maximum atomic E-state index is 5.78. The fourth-order valence-corrected chi connectivity index (χ4v) is 3.83. The smallest absolute Gasteiger partial charge is 0.161 e. The van der Waals surface area contributed by atoms with E-state index in [2.05, 4.69) is 22.4 Å². The van der Waals surface area contributed by atoms with Gasteiger partial charge >= 0.3 is 0 Å². The molecule has 1 fully saturated rings. The third-order valence-electron chi connectivity index (χ3n) is 5.18. The van der Waals surface area contributed by atoms with Crippen molar-refractivity contribution in [2.45, 2.75) is 37.8 Å². The quantitative estimate of drug-likeness (QED) is 0.904. The third-order valence-corrected chi connectivity index (χ3v) is 5.18. The molecular formula is C20H24N2O3.